The summed E-state index contributed by atoms with van der Waals surface area (Å²) in [4.78, 5) is 13.1. The largest absolute Gasteiger partial charge is 0.351 e. The average molecular weight is 404 g/mol. The van der Waals surface area contributed by atoms with E-state index in [1.165, 1.54) is 5.56 Å². The summed E-state index contributed by atoms with van der Waals surface area (Å²) in [6, 6.07) is 25.9. The molecule has 2 nitrogen and oxygen atoms in total. The molecule has 0 bridgehead atoms. The minimum atomic E-state index is -0.261. The zero-order chi connectivity index (χ0) is 20.6. The van der Waals surface area contributed by atoms with Crippen LogP contribution in [0.1, 0.15) is 35.1 Å². The topological polar surface area (TPSA) is 29.1 Å². The third kappa shape index (κ3) is 6.07. The third-order valence-corrected chi connectivity index (χ3v) is 5.27. The van der Waals surface area contributed by atoms with Gasteiger partial charge in [0.15, 0.2) is 0 Å². The number of allylic oxidation sites excluding steroid dienone is 1. The summed E-state index contributed by atoms with van der Waals surface area (Å²) in [5, 5.41) is 3.82. The molecule has 0 heterocycles. The molecule has 3 aromatic carbocycles. The maximum Gasteiger partial charge on any atom is 0.228 e. The van der Waals surface area contributed by atoms with E-state index in [1.54, 1.807) is 0 Å². The van der Waals surface area contributed by atoms with E-state index >= 15 is 0 Å². The molecular formula is C26H26ClNO. The monoisotopic (exact) mass is 403 g/mol. The number of amides is 1. The van der Waals surface area contributed by atoms with Gasteiger partial charge >= 0.3 is 0 Å². The molecule has 0 aliphatic carbocycles. The molecule has 0 aliphatic rings. The van der Waals surface area contributed by atoms with Gasteiger partial charge in [0.2, 0.25) is 5.91 Å². The van der Waals surface area contributed by atoms with E-state index in [-0.39, 0.29) is 17.7 Å². The molecule has 0 radical (unpaired) electrons. The van der Waals surface area contributed by atoms with Gasteiger partial charge in [-0.2, -0.15) is 0 Å². The second kappa shape index (κ2) is 10.1. The zero-order valence-corrected chi connectivity index (χ0v) is 17.6. The molecule has 3 aromatic rings. The average Bonchev–Trinajstić information content (AvgIpc) is 2.74. The Bertz CT molecular complexity index is 946. The number of rotatable bonds is 7. The highest BCUT2D eigenvalue weighted by molar-refractivity contribution is 6.30. The highest BCUT2D eigenvalue weighted by Crippen LogP contribution is 2.27. The van der Waals surface area contributed by atoms with Crippen LogP contribution in [0.5, 0.6) is 0 Å². The van der Waals surface area contributed by atoms with Crippen molar-refractivity contribution < 1.29 is 4.79 Å². The van der Waals surface area contributed by atoms with Crippen molar-refractivity contribution in [3.63, 3.8) is 0 Å². The Labute approximate surface area is 178 Å². The quantitative estimate of drug-likeness (QED) is 0.486. The van der Waals surface area contributed by atoms with Gasteiger partial charge in [0.25, 0.3) is 0 Å². The number of benzene rings is 3. The third-order valence-electron chi connectivity index (χ3n) is 5.02. The molecule has 148 valence electrons. The minimum absolute atomic E-state index is 0.0316. The smallest absolute Gasteiger partial charge is 0.228 e. The normalized spacial score (nSPS) is 13.2. The molecule has 1 N–H and O–H groups in total. The Morgan fingerprint density at radius 3 is 2.28 bits per heavy atom. The van der Waals surface area contributed by atoms with Crippen LogP contribution in [0.2, 0.25) is 5.02 Å². The fraction of sp³-hybridized carbons (Fsp3) is 0.192. The SMILES string of the molecule is Cc1ccc(C(C(=O)NCc2ccccc2)C(C)/C=C/c2ccc(Cl)cc2)cc1. The maximum absolute atomic E-state index is 13.1. The van der Waals surface area contributed by atoms with Crippen LogP contribution in [0.15, 0.2) is 84.9 Å². The van der Waals surface area contributed by atoms with Gasteiger partial charge in [-0.15, -0.1) is 0 Å². The van der Waals surface area contributed by atoms with Crippen molar-refractivity contribution in [2.75, 3.05) is 0 Å². The van der Waals surface area contributed by atoms with E-state index in [9.17, 15) is 4.79 Å². The molecular weight excluding hydrogens is 378 g/mol. The molecule has 0 aliphatic heterocycles. The standard InChI is InChI=1S/C26H26ClNO/c1-19-8-14-23(15-9-19)25(26(29)28-18-22-6-4-3-5-7-22)20(2)10-11-21-12-16-24(27)17-13-21/h3-17,20,25H,18H2,1-2H3,(H,28,29)/b11-10+. The first kappa shape index (κ1) is 20.9. The number of carbonyl (C=O) groups is 1. The Balaban J connectivity index is 1.78. The zero-order valence-electron chi connectivity index (χ0n) is 16.8. The molecule has 1 amide bonds. The Kier molecular flexibility index (Phi) is 7.26. The van der Waals surface area contributed by atoms with Crippen molar-refractivity contribution >= 4 is 23.6 Å². The molecule has 0 aromatic heterocycles. The predicted octanol–water partition coefficient (Wildman–Crippen LogP) is 6.40. The summed E-state index contributed by atoms with van der Waals surface area (Å²) in [6.45, 7) is 4.66. The van der Waals surface area contributed by atoms with Crippen LogP contribution >= 0.6 is 11.6 Å². The van der Waals surface area contributed by atoms with E-state index in [4.69, 9.17) is 11.6 Å². The fourth-order valence-corrected chi connectivity index (χ4v) is 3.44. The van der Waals surface area contributed by atoms with E-state index < -0.39 is 0 Å². The number of aryl methyl sites for hydroxylation is 1. The van der Waals surface area contributed by atoms with Crippen molar-refractivity contribution in [2.45, 2.75) is 26.3 Å². The summed E-state index contributed by atoms with van der Waals surface area (Å²) in [7, 11) is 0. The van der Waals surface area contributed by atoms with Crippen LogP contribution in [0.4, 0.5) is 0 Å². The lowest BCUT2D eigenvalue weighted by atomic mass is 9.85. The number of carbonyl (C=O) groups excluding carboxylic acids is 1. The van der Waals surface area contributed by atoms with Gasteiger partial charge in [0.05, 0.1) is 5.92 Å². The van der Waals surface area contributed by atoms with Gasteiger partial charge in [-0.25, -0.2) is 0 Å². The summed E-state index contributed by atoms with van der Waals surface area (Å²) in [5.41, 5.74) is 4.36. The van der Waals surface area contributed by atoms with Crippen LogP contribution < -0.4 is 5.32 Å². The summed E-state index contributed by atoms with van der Waals surface area (Å²) in [6.07, 6.45) is 4.14. The molecule has 2 unspecified atom stereocenters. The highest BCUT2D eigenvalue weighted by Gasteiger charge is 2.25. The second-order valence-electron chi connectivity index (χ2n) is 7.36. The summed E-state index contributed by atoms with van der Waals surface area (Å²) >= 11 is 5.97. The first-order valence-corrected chi connectivity index (χ1v) is 10.2. The minimum Gasteiger partial charge on any atom is -0.351 e. The lowest BCUT2D eigenvalue weighted by molar-refractivity contribution is -0.123. The Morgan fingerprint density at radius 1 is 0.966 bits per heavy atom. The van der Waals surface area contributed by atoms with Crippen LogP contribution in [0.3, 0.4) is 0 Å². The summed E-state index contributed by atoms with van der Waals surface area (Å²) < 4.78 is 0. The highest BCUT2D eigenvalue weighted by atomic mass is 35.5. The number of halogens is 1. The summed E-state index contributed by atoms with van der Waals surface area (Å²) in [5.74, 6) is -0.196. The first-order chi connectivity index (χ1) is 14.0. The van der Waals surface area contributed by atoms with E-state index in [1.807, 2.05) is 60.7 Å². The first-order valence-electron chi connectivity index (χ1n) is 9.85. The van der Waals surface area contributed by atoms with Gasteiger partial charge in [-0.3, -0.25) is 4.79 Å². The van der Waals surface area contributed by atoms with Crippen LogP contribution in [-0.2, 0) is 11.3 Å². The van der Waals surface area contributed by atoms with Crippen molar-refractivity contribution in [3.8, 4) is 0 Å². The molecule has 2 atom stereocenters. The van der Waals surface area contributed by atoms with Gasteiger partial charge < -0.3 is 5.32 Å². The van der Waals surface area contributed by atoms with E-state index in [0.717, 1.165) is 16.7 Å². The number of nitrogens with one attached hydrogen (secondary N) is 1. The number of hydrogen-bond acceptors (Lipinski definition) is 1. The van der Waals surface area contributed by atoms with E-state index in [2.05, 4.69) is 49.5 Å². The maximum atomic E-state index is 13.1. The van der Waals surface area contributed by atoms with E-state index in [0.29, 0.717) is 11.6 Å². The molecule has 29 heavy (non-hydrogen) atoms. The van der Waals surface area contributed by atoms with Crippen LogP contribution in [0, 0.1) is 12.8 Å². The van der Waals surface area contributed by atoms with Gasteiger partial charge in [-0.1, -0.05) is 103 Å². The fourth-order valence-electron chi connectivity index (χ4n) is 3.31. The molecule has 0 spiro atoms. The van der Waals surface area contributed by atoms with Crippen molar-refractivity contribution in [3.05, 3.63) is 112 Å². The lowest BCUT2D eigenvalue weighted by Crippen LogP contribution is -2.32. The Hall–Kier alpha value is -2.84. The van der Waals surface area contributed by atoms with Crippen molar-refractivity contribution in [1.82, 2.24) is 5.32 Å². The van der Waals surface area contributed by atoms with Gasteiger partial charge in [0.1, 0.15) is 0 Å². The second-order valence-corrected chi connectivity index (χ2v) is 7.80. The van der Waals surface area contributed by atoms with Crippen LogP contribution in [0.25, 0.3) is 6.08 Å². The number of hydrogen-bond donors (Lipinski definition) is 1. The van der Waals surface area contributed by atoms with Crippen molar-refractivity contribution in [2.24, 2.45) is 5.92 Å². The molecule has 3 heteroatoms. The van der Waals surface area contributed by atoms with Gasteiger partial charge in [-0.05, 0) is 41.7 Å². The molecule has 3 rings (SSSR count). The Morgan fingerprint density at radius 2 is 1.62 bits per heavy atom. The van der Waals surface area contributed by atoms with Crippen LogP contribution in [-0.4, -0.2) is 5.91 Å². The lowest BCUT2D eigenvalue weighted by Gasteiger charge is -2.22. The molecule has 0 saturated heterocycles. The van der Waals surface area contributed by atoms with Crippen molar-refractivity contribution in [1.29, 1.82) is 0 Å². The van der Waals surface area contributed by atoms with Gasteiger partial charge in [0, 0.05) is 11.6 Å². The molecule has 0 fully saturated rings. The molecule has 0 saturated carbocycles. The predicted molar refractivity (Wildman–Crippen MR) is 122 cm³/mol.